The number of carbonyl (C=O) groups excluding carboxylic acids is 1. The van der Waals surface area contributed by atoms with Crippen molar-refractivity contribution in [3.05, 3.63) is 88.2 Å². The molecule has 2 aromatic heterocycles. The Balaban J connectivity index is 1.39. The van der Waals surface area contributed by atoms with Gasteiger partial charge in [0.1, 0.15) is 5.65 Å². The molecule has 1 saturated heterocycles. The molecule has 4 heterocycles. The van der Waals surface area contributed by atoms with Gasteiger partial charge in [0.15, 0.2) is 0 Å². The monoisotopic (exact) mass is 461 g/mol. The van der Waals surface area contributed by atoms with E-state index in [0.717, 1.165) is 41.5 Å². The van der Waals surface area contributed by atoms with Gasteiger partial charge in [-0.3, -0.25) is 4.79 Å². The van der Waals surface area contributed by atoms with E-state index in [1.54, 1.807) is 24.3 Å². The van der Waals surface area contributed by atoms with Crippen LogP contribution in [-0.2, 0) is 13.0 Å². The number of nitrogens with one attached hydrogen (secondary N) is 2. The fraction of sp³-hybridized carbons (Fsp3) is 0.276. The van der Waals surface area contributed by atoms with Gasteiger partial charge >= 0.3 is 0 Å². The van der Waals surface area contributed by atoms with Crippen molar-refractivity contribution in [1.82, 2.24) is 20.2 Å². The van der Waals surface area contributed by atoms with Crippen molar-refractivity contribution in [2.45, 2.75) is 38.8 Å². The fourth-order valence-electron chi connectivity index (χ4n) is 5.50. The van der Waals surface area contributed by atoms with Gasteiger partial charge in [-0.15, -0.1) is 0 Å². The molecule has 4 aromatic rings. The van der Waals surface area contributed by atoms with Crippen molar-refractivity contribution in [1.29, 1.82) is 5.26 Å². The summed E-state index contributed by atoms with van der Waals surface area (Å²) in [4.78, 5) is 23.1. The molecule has 6 rings (SSSR count). The first-order chi connectivity index (χ1) is 17.1. The van der Waals surface area contributed by atoms with E-state index in [-0.39, 0.29) is 5.91 Å². The third kappa shape index (κ3) is 3.88. The Morgan fingerprint density at radius 3 is 2.80 bits per heavy atom. The lowest BCUT2D eigenvalue weighted by Crippen LogP contribution is -2.36. The van der Waals surface area contributed by atoms with Crippen molar-refractivity contribution < 1.29 is 4.79 Å². The Morgan fingerprint density at radius 2 is 2.03 bits per heavy atom. The third-order valence-corrected chi connectivity index (χ3v) is 7.42. The van der Waals surface area contributed by atoms with Crippen LogP contribution in [0.1, 0.15) is 57.1 Å². The predicted octanol–water partition coefficient (Wildman–Crippen LogP) is 5.03. The van der Waals surface area contributed by atoms with Gasteiger partial charge in [-0.1, -0.05) is 0 Å². The molecule has 1 amide bonds. The van der Waals surface area contributed by atoms with Crippen LogP contribution in [0.3, 0.4) is 0 Å². The zero-order valence-corrected chi connectivity index (χ0v) is 19.8. The molecule has 1 unspecified atom stereocenters. The molecular formula is C29H27N5O. The lowest BCUT2D eigenvalue weighted by molar-refractivity contribution is 0.0734. The predicted molar refractivity (Wildman–Crippen MR) is 136 cm³/mol. The Bertz CT molecular complexity index is 1470. The minimum atomic E-state index is 0.0112. The number of hydrogen-bond acceptors (Lipinski definition) is 4. The van der Waals surface area contributed by atoms with Crippen molar-refractivity contribution in [3.63, 3.8) is 0 Å². The Labute approximate surface area is 204 Å². The normalized spacial score (nSPS) is 17.4. The number of amides is 1. The molecule has 0 aliphatic carbocycles. The number of aromatic amines is 1. The van der Waals surface area contributed by atoms with E-state index in [1.807, 2.05) is 17.3 Å². The van der Waals surface area contributed by atoms with Crippen molar-refractivity contribution >= 4 is 16.9 Å². The summed E-state index contributed by atoms with van der Waals surface area (Å²) >= 11 is 0. The number of aromatic nitrogens is 2. The van der Waals surface area contributed by atoms with Crippen LogP contribution in [0.4, 0.5) is 0 Å². The van der Waals surface area contributed by atoms with Crippen LogP contribution in [0.2, 0.25) is 0 Å². The summed E-state index contributed by atoms with van der Waals surface area (Å²) in [5.74, 6) is 0.0112. The van der Waals surface area contributed by atoms with Gasteiger partial charge in [0, 0.05) is 48.0 Å². The highest BCUT2D eigenvalue weighted by atomic mass is 16.2. The van der Waals surface area contributed by atoms with Gasteiger partial charge in [-0.25, -0.2) is 4.98 Å². The summed E-state index contributed by atoms with van der Waals surface area (Å²) in [6.45, 7) is 4.42. The summed E-state index contributed by atoms with van der Waals surface area (Å²) < 4.78 is 0. The summed E-state index contributed by atoms with van der Waals surface area (Å²) in [5.41, 5.74) is 9.48. The second-order valence-electron chi connectivity index (χ2n) is 9.61. The smallest absolute Gasteiger partial charge is 0.254 e. The number of nitrogens with zero attached hydrogens (tertiary/aromatic N) is 3. The van der Waals surface area contributed by atoms with Crippen molar-refractivity contribution in [3.8, 4) is 17.2 Å². The minimum absolute atomic E-state index is 0.0112. The van der Waals surface area contributed by atoms with Crippen molar-refractivity contribution in [2.75, 3.05) is 13.1 Å². The summed E-state index contributed by atoms with van der Waals surface area (Å²) in [6.07, 6.45) is 7.10. The van der Waals surface area contributed by atoms with E-state index < -0.39 is 0 Å². The lowest BCUT2D eigenvalue weighted by atomic mass is 9.86. The molecule has 2 N–H and O–H groups in total. The molecule has 2 aliphatic rings. The van der Waals surface area contributed by atoms with Crippen LogP contribution in [0.5, 0.6) is 0 Å². The maximum Gasteiger partial charge on any atom is 0.254 e. The Kier molecular flexibility index (Phi) is 5.35. The van der Waals surface area contributed by atoms with Crippen LogP contribution >= 0.6 is 0 Å². The minimum Gasteiger partial charge on any atom is -0.346 e. The van der Waals surface area contributed by atoms with Gasteiger partial charge in [-0.2, -0.15) is 5.26 Å². The molecule has 1 fully saturated rings. The molecule has 0 spiro atoms. The molecule has 1 atom stereocenters. The number of rotatable bonds is 3. The van der Waals surface area contributed by atoms with Crippen LogP contribution in [-0.4, -0.2) is 33.9 Å². The highest BCUT2D eigenvalue weighted by Gasteiger charge is 2.28. The zero-order chi connectivity index (χ0) is 23.9. The first-order valence-electron chi connectivity index (χ1n) is 12.2. The van der Waals surface area contributed by atoms with Gasteiger partial charge in [0.05, 0.1) is 11.6 Å². The van der Waals surface area contributed by atoms with E-state index in [2.05, 4.69) is 46.5 Å². The average molecular weight is 462 g/mol. The maximum absolute atomic E-state index is 13.3. The lowest BCUT2D eigenvalue weighted by Gasteiger charge is -2.32. The summed E-state index contributed by atoms with van der Waals surface area (Å²) in [5, 5.41) is 13.9. The van der Waals surface area contributed by atoms with E-state index in [1.165, 1.54) is 28.7 Å². The standard InChI is InChI=1S/C29H27N5O/c1-18-15-32-28-25(18)13-22(16-33-28)21-11-23-17-34(29(35)20-6-4-19(14-30)5-7-20)10-8-24(23)26(12-21)27-3-2-9-31-27/h4-7,11-13,15-16,27,31H,2-3,8-10,17H2,1H3,(H,32,33). The Hall–Kier alpha value is -3.95. The van der Waals surface area contributed by atoms with E-state index in [4.69, 9.17) is 5.26 Å². The first kappa shape index (κ1) is 21.6. The van der Waals surface area contributed by atoms with Crippen LogP contribution in [0.25, 0.3) is 22.2 Å². The molecule has 2 aliphatic heterocycles. The molecule has 0 radical (unpaired) electrons. The van der Waals surface area contributed by atoms with Crippen molar-refractivity contribution in [2.24, 2.45) is 0 Å². The van der Waals surface area contributed by atoms with E-state index in [9.17, 15) is 4.79 Å². The van der Waals surface area contributed by atoms with E-state index >= 15 is 0 Å². The molecular weight excluding hydrogens is 434 g/mol. The maximum atomic E-state index is 13.3. The third-order valence-electron chi connectivity index (χ3n) is 7.42. The summed E-state index contributed by atoms with van der Waals surface area (Å²) in [6, 6.07) is 16.2. The Morgan fingerprint density at radius 1 is 1.17 bits per heavy atom. The van der Waals surface area contributed by atoms with E-state index in [0.29, 0.717) is 30.3 Å². The number of aryl methyl sites for hydroxylation is 1. The number of nitriles is 1. The molecule has 6 heteroatoms. The topological polar surface area (TPSA) is 84.8 Å². The van der Waals surface area contributed by atoms with Gasteiger partial charge < -0.3 is 15.2 Å². The highest BCUT2D eigenvalue weighted by Crippen LogP contribution is 2.36. The molecule has 0 saturated carbocycles. The summed E-state index contributed by atoms with van der Waals surface area (Å²) in [7, 11) is 0. The second-order valence-corrected chi connectivity index (χ2v) is 9.61. The largest absolute Gasteiger partial charge is 0.346 e. The number of fused-ring (bicyclic) bond motifs is 2. The molecule has 0 bridgehead atoms. The molecule has 6 nitrogen and oxygen atoms in total. The molecule has 174 valence electrons. The first-order valence-corrected chi connectivity index (χ1v) is 12.2. The number of pyridine rings is 1. The highest BCUT2D eigenvalue weighted by molar-refractivity contribution is 5.94. The fourth-order valence-corrected chi connectivity index (χ4v) is 5.50. The quantitative estimate of drug-likeness (QED) is 0.448. The zero-order valence-electron chi connectivity index (χ0n) is 19.8. The van der Waals surface area contributed by atoms with Crippen LogP contribution in [0.15, 0.2) is 54.9 Å². The number of benzene rings is 2. The van der Waals surface area contributed by atoms with Gasteiger partial charge in [0.2, 0.25) is 0 Å². The average Bonchev–Trinajstić information content (AvgIpc) is 3.57. The number of H-pyrrole nitrogens is 1. The molecule has 2 aromatic carbocycles. The molecule has 35 heavy (non-hydrogen) atoms. The van der Waals surface area contributed by atoms with Crippen LogP contribution < -0.4 is 5.32 Å². The van der Waals surface area contributed by atoms with Crippen LogP contribution in [0, 0.1) is 18.3 Å². The van der Waals surface area contributed by atoms with Gasteiger partial charge in [-0.05, 0) is 103 Å². The second kappa shape index (κ2) is 8.68. The SMILES string of the molecule is Cc1c[nH]c2ncc(-c3cc4c(c(C5CCCN5)c3)CCN(C(=O)c3ccc(C#N)cc3)C4)cc12. The number of carbonyl (C=O) groups is 1. The number of hydrogen-bond donors (Lipinski definition) is 2. The van der Waals surface area contributed by atoms with Gasteiger partial charge in [0.25, 0.3) is 5.91 Å².